The Morgan fingerprint density at radius 3 is 2.48 bits per heavy atom. The molecule has 1 aromatic rings. The van der Waals surface area contributed by atoms with Gasteiger partial charge in [-0.2, -0.15) is 0 Å². The van der Waals surface area contributed by atoms with Crippen LogP contribution in [0.3, 0.4) is 0 Å². The Bertz CT molecular complexity index is 572. The van der Waals surface area contributed by atoms with Gasteiger partial charge in [0.2, 0.25) is 0 Å². The molecule has 1 heterocycles. The second-order valence-electron chi connectivity index (χ2n) is 6.58. The van der Waals surface area contributed by atoms with Crippen molar-refractivity contribution in [2.45, 2.75) is 53.6 Å². The Morgan fingerprint density at radius 2 is 1.95 bits per heavy atom. The van der Waals surface area contributed by atoms with Crippen LogP contribution in [0.15, 0.2) is 15.8 Å². The summed E-state index contributed by atoms with van der Waals surface area (Å²) in [6.45, 7) is 12.7. The van der Waals surface area contributed by atoms with E-state index in [1.807, 2.05) is 0 Å². The van der Waals surface area contributed by atoms with Crippen LogP contribution >= 0.6 is 0 Å². The number of nitrogens with one attached hydrogen (secondary N) is 1. The van der Waals surface area contributed by atoms with Gasteiger partial charge >= 0.3 is 5.69 Å². The van der Waals surface area contributed by atoms with Gasteiger partial charge in [-0.1, -0.05) is 20.8 Å². The van der Waals surface area contributed by atoms with Gasteiger partial charge in [-0.25, -0.2) is 4.79 Å². The molecule has 0 saturated heterocycles. The molecule has 1 aromatic heterocycles. The Kier molecular flexibility index (Phi) is 6.12. The topological polar surface area (TPSA) is 73.3 Å². The lowest BCUT2D eigenvalue weighted by atomic mass is 9.90. The minimum atomic E-state index is -1.17. The maximum Gasteiger partial charge on any atom is 0.330 e. The van der Waals surface area contributed by atoms with E-state index in [1.54, 1.807) is 6.92 Å². The van der Waals surface area contributed by atoms with Crippen LogP contribution in [0.2, 0.25) is 13.1 Å². The van der Waals surface area contributed by atoms with Gasteiger partial charge in [0, 0.05) is 11.8 Å². The Hall–Kier alpha value is -1.18. The molecule has 0 spiro atoms. The number of hydrogen-bond donors (Lipinski definition) is 1. The van der Waals surface area contributed by atoms with E-state index in [0.717, 1.165) is 0 Å². The summed E-state index contributed by atoms with van der Waals surface area (Å²) in [7, 11) is -1.17. The first-order valence-corrected chi connectivity index (χ1v) is 9.93. The maximum atomic E-state index is 11.6. The number of H-pyrrole nitrogens is 1. The molecule has 0 bridgehead atoms. The highest BCUT2D eigenvalue weighted by atomic mass is 28.3. The van der Waals surface area contributed by atoms with E-state index < -0.39 is 14.7 Å². The summed E-state index contributed by atoms with van der Waals surface area (Å²) >= 11 is 0. The van der Waals surface area contributed by atoms with Crippen molar-refractivity contribution in [2.24, 2.45) is 5.41 Å². The number of hydrogen-bond acceptors (Lipinski definition) is 4. The molecular weight excluding hydrogens is 288 g/mol. The van der Waals surface area contributed by atoms with Gasteiger partial charge in [0.05, 0.1) is 12.7 Å². The third kappa shape index (κ3) is 5.60. The molecule has 1 atom stereocenters. The summed E-state index contributed by atoms with van der Waals surface area (Å²) < 4.78 is 13.0. The third-order valence-electron chi connectivity index (χ3n) is 3.09. The summed E-state index contributed by atoms with van der Waals surface area (Å²) in [6.07, 6.45) is 1.49. The molecule has 1 unspecified atom stereocenters. The molecule has 0 aliphatic carbocycles. The van der Waals surface area contributed by atoms with Crippen molar-refractivity contribution < 1.29 is 9.16 Å². The van der Waals surface area contributed by atoms with Crippen molar-refractivity contribution in [1.82, 2.24) is 9.55 Å². The average Bonchev–Trinajstić information content (AvgIpc) is 2.32. The van der Waals surface area contributed by atoms with Crippen molar-refractivity contribution in [2.75, 3.05) is 6.61 Å². The fraction of sp³-hybridized carbons (Fsp3) is 0.714. The number of aromatic amines is 1. The molecule has 0 fully saturated rings. The SMILES string of the molecule is Cc1cn(COCC(O[SiH](C)C)C(C)(C)C)c(=O)[nH]c1=O. The predicted octanol–water partition coefficient (Wildman–Crippen LogP) is 1.23. The van der Waals surface area contributed by atoms with Gasteiger partial charge in [0.25, 0.3) is 5.56 Å². The van der Waals surface area contributed by atoms with Gasteiger partial charge in [-0.3, -0.25) is 14.3 Å². The first-order chi connectivity index (χ1) is 9.61. The lowest BCUT2D eigenvalue weighted by Crippen LogP contribution is -2.38. The Balaban J connectivity index is 2.68. The maximum absolute atomic E-state index is 11.6. The first kappa shape index (κ1) is 17.9. The number of aromatic nitrogens is 2. The minimum Gasteiger partial charge on any atom is -0.415 e. The summed E-state index contributed by atoms with van der Waals surface area (Å²) in [6, 6.07) is 0. The predicted molar refractivity (Wildman–Crippen MR) is 85.2 cm³/mol. The van der Waals surface area contributed by atoms with Gasteiger partial charge in [0.1, 0.15) is 6.73 Å². The van der Waals surface area contributed by atoms with Crippen molar-refractivity contribution >= 4 is 9.04 Å². The zero-order chi connectivity index (χ0) is 16.2. The summed E-state index contributed by atoms with van der Waals surface area (Å²) in [5, 5.41) is 0. The highest BCUT2D eigenvalue weighted by Crippen LogP contribution is 2.23. The largest absolute Gasteiger partial charge is 0.415 e. The smallest absolute Gasteiger partial charge is 0.330 e. The van der Waals surface area contributed by atoms with E-state index in [0.29, 0.717) is 12.2 Å². The van der Waals surface area contributed by atoms with E-state index in [9.17, 15) is 9.59 Å². The van der Waals surface area contributed by atoms with E-state index in [4.69, 9.17) is 9.16 Å². The fourth-order valence-electron chi connectivity index (χ4n) is 1.79. The van der Waals surface area contributed by atoms with Crippen LogP contribution < -0.4 is 11.2 Å². The van der Waals surface area contributed by atoms with Crippen molar-refractivity contribution in [3.05, 3.63) is 32.6 Å². The van der Waals surface area contributed by atoms with Crippen molar-refractivity contribution in [1.29, 1.82) is 0 Å². The third-order valence-corrected chi connectivity index (χ3v) is 3.96. The molecule has 21 heavy (non-hydrogen) atoms. The van der Waals surface area contributed by atoms with Gasteiger partial charge < -0.3 is 9.16 Å². The van der Waals surface area contributed by atoms with Gasteiger partial charge in [-0.15, -0.1) is 0 Å². The van der Waals surface area contributed by atoms with Crippen LogP contribution in [0.25, 0.3) is 0 Å². The molecule has 7 heteroatoms. The molecule has 0 amide bonds. The molecule has 6 nitrogen and oxygen atoms in total. The molecule has 1 N–H and O–H groups in total. The molecule has 120 valence electrons. The monoisotopic (exact) mass is 314 g/mol. The Morgan fingerprint density at radius 1 is 1.33 bits per heavy atom. The molecule has 0 aliphatic heterocycles. The standard InChI is InChI=1S/C14H26N2O4Si/c1-10-7-16(13(18)15-12(10)17)9-19-8-11(14(2,3)4)20-21(5)6/h7,11,21H,8-9H2,1-6H3,(H,15,17,18). The summed E-state index contributed by atoms with van der Waals surface area (Å²) in [4.78, 5) is 25.2. The molecule has 0 saturated carbocycles. The summed E-state index contributed by atoms with van der Waals surface area (Å²) in [5.74, 6) is 0. The van der Waals surface area contributed by atoms with Gasteiger partial charge in [0.15, 0.2) is 9.04 Å². The number of nitrogens with zero attached hydrogens (tertiary/aromatic N) is 1. The quantitative estimate of drug-likeness (QED) is 0.802. The van der Waals surface area contributed by atoms with Crippen molar-refractivity contribution in [3.8, 4) is 0 Å². The van der Waals surface area contributed by atoms with E-state index >= 15 is 0 Å². The molecule has 1 rings (SSSR count). The second kappa shape index (κ2) is 7.19. The zero-order valence-corrected chi connectivity index (χ0v) is 14.9. The molecule has 0 aromatic carbocycles. The molecular formula is C14H26N2O4Si. The average molecular weight is 314 g/mol. The lowest BCUT2D eigenvalue weighted by molar-refractivity contribution is -0.0293. The van der Waals surface area contributed by atoms with Crippen LogP contribution in [0, 0.1) is 12.3 Å². The fourth-order valence-corrected chi connectivity index (χ4v) is 2.94. The Labute approximate surface area is 126 Å². The highest BCUT2D eigenvalue weighted by Gasteiger charge is 2.26. The number of rotatable bonds is 6. The van der Waals surface area contributed by atoms with Gasteiger partial charge in [-0.05, 0) is 25.4 Å². The highest BCUT2D eigenvalue weighted by molar-refractivity contribution is 6.48. The lowest BCUT2D eigenvalue weighted by Gasteiger charge is -2.32. The normalized spacial score (nSPS) is 13.7. The van der Waals surface area contributed by atoms with E-state index in [-0.39, 0.29) is 23.8 Å². The second-order valence-corrected chi connectivity index (χ2v) is 8.95. The van der Waals surface area contributed by atoms with Crippen molar-refractivity contribution in [3.63, 3.8) is 0 Å². The molecule has 0 aliphatic rings. The number of ether oxygens (including phenoxy) is 1. The van der Waals surface area contributed by atoms with Crippen LogP contribution in [0.5, 0.6) is 0 Å². The zero-order valence-electron chi connectivity index (χ0n) is 13.7. The van der Waals surface area contributed by atoms with Crippen LogP contribution in [0.4, 0.5) is 0 Å². The van der Waals surface area contributed by atoms with Crippen LogP contribution in [-0.4, -0.2) is 31.3 Å². The molecule has 0 radical (unpaired) electrons. The summed E-state index contributed by atoms with van der Waals surface area (Å²) in [5.41, 5.74) is -0.366. The first-order valence-electron chi connectivity index (χ1n) is 7.15. The van der Waals surface area contributed by atoms with E-state index in [2.05, 4.69) is 38.8 Å². The van der Waals surface area contributed by atoms with Crippen LogP contribution in [0.1, 0.15) is 26.3 Å². The minimum absolute atomic E-state index is 0.0104. The van der Waals surface area contributed by atoms with E-state index in [1.165, 1.54) is 10.8 Å². The number of aryl methyl sites for hydroxylation is 1. The van der Waals surface area contributed by atoms with Crippen LogP contribution in [-0.2, 0) is 15.9 Å².